The molecule has 0 atom stereocenters. The second-order valence-electron chi connectivity index (χ2n) is 6.35. The van der Waals surface area contributed by atoms with Gasteiger partial charge in [0, 0.05) is 6.42 Å². The molecular weight excluding hydrogens is 374 g/mol. The Kier molecular flexibility index (Phi) is 9.49. The Morgan fingerprint density at radius 2 is 1.23 bits per heavy atom. The van der Waals surface area contributed by atoms with Crippen LogP contribution in [0.15, 0.2) is 0 Å². The average Bonchev–Trinajstić information content (AvgIpc) is 2.57. The molecule has 0 fully saturated rings. The zero-order chi connectivity index (χ0) is 19.7. The van der Waals surface area contributed by atoms with Crippen molar-refractivity contribution in [1.29, 1.82) is 0 Å². The van der Waals surface area contributed by atoms with Gasteiger partial charge in [0.15, 0.2) is 0 Å². The van der Waals surface area contributed by atoms with E-state index in [2.05, 4.69) is 6.92 Å². The molecule has 1 rings (SSSR count). The van der Waals surface area contributed by atoms with Crippen LogP contribution in [-0.4, -0.2) is 13.0 Å². The highest BCUT2D eigenvalue weighted by Gasteiger charge is 2.39. The van der Waals surface area contributed by atoms with Crippen LogP contribution in [0.1, 0.15) is 76.8 Å². The van der Waals surface area contributed by atoms with Crippen molar-refractivity contribution < 1.29 is 34.5 Å². The van der Waals surface area contributed by atoms with Gasteiger partial charge in [-0.05, 0) is 10.4 Å². The molecule has 0 amide bonds. The fourth-order valence-electron chi connectivity index (χ4n) is 2.84. The predicted octanol–water partition coefficient (Wildman–Crippen LogP) is 4.64. The first-order chi connectivity index (χ1) is 12.2. The fourth-order valence-corrected chi connectivity index (χ4v) is 3.57. The first-order valence-electron chi connectivity index (χ1n) is 8.96. The molecular formula is C17H26F4NO3S+. The topological polar surface area (TPSA) is 58.2 Å². The van der Waals surface area contributed by atoms with Gasteiger partial charge in [0.2, 0.25) is 17.3 Å². The predicted molar refractivity (Wildman–Crippen MR) is 89.0 cm³/mol. The van der Waals surface area contributed by atoms with Crippen molar-refractivity contribution in [3.8, 4) is 0 Å². The normalized spacial score (nSPS) is 11.9. The van der Waals surface area contributed by atoms with Gasteiger partial charge in [-0.1, -0.05) is 64.7 Å². The molecule has 1 heterocycles. The number of hydrogen-bond acceptors (Lipinski definition) is 2. The van der Waals surface area contributed by atoms with Crippen molar-refractivity contribution in [3.05, 3.63) is 29.1 Å². The number of halogens is 4. The van der Waals surface area contributed by atoms with Crippen LogP contribution in [0.3, 0.4) is 0 Å². The van der Waals surface area contributed by atoms with E-state index in [0.29, 0.717) is 6.42 Å². The Balaban J connectivity index is 2.58. The molecule has 0 saturated heterocycles. The van der Waals surface area contributed by atoms with Gasteiger partial charge in [0.05, 0.1) is 0 Å². The number of aromatic nitrogens is 1. The lowest BCUT2D eigenvalue weighted by Crippen LogP contribution is -2.51. The largest absolute Gasteiger partial charge is 0.514 e. The van der Waals surface area contributed by atoms with Crippen LogP contribution in [0, 0.1) is 23.4 Å². The van der Waals surface area contributed by atoms with Gasteiger partial charge < -0.3 is 0 Å². The summed E-state index contributed by atoms with van der Waals surface area (Å²) in [6.07, 6.45) is 9.29. The van der Waals surface area contributed by atoms with E-state index in [-0.39, 0.29) is 12.8 Å². The summed E-state index contributed by atoms with van der Waals surface area (Å²) in [5, 5.41) is 0. The van der Waals surface area contributed by atoms with E-state index in [4.69, 9.17) is 4.55 Å². The van der Waals surface area contributed by atoms with Gasteiger partial charge in [-0.3, -0.25) is 0 Å². The average molecular weight is 400 g/mol. The van der Waals surface area contributed by atoms with E-state index in [0.717, 1.165) is 25.7 Å². The molecule has 150 valence electrons. The molecule has 0 aromatic carbocycles. The van der Waals surface area contributed by atoms with Gasteiger partial charge in [0.25, 0.3) is 5.82 Å². The molecule has 0 aliphatic heterocycles. The molecule has 0 unspecified atom stereocenters. The lowest BCUT2D eigenvalue weighted by Gasteiger charge is -2.05. The summed E-state index contributed by atoms with van der Waals surface area (Å²) in [5.41, 5.74) is -0.927. The highest BCUT2D eigenvalue weighted by molar-refractivity contribution is 7.79. The lowest BCUT2D eigenvalue weighted by molar-refractivity contribution is -0.568. The van der Waals surface area contributed by atoms with Crippen LogP contribution >= 0.6 is 0 Å². The molecule has 26 heavy (non-hydrogen) atoms. The van der Waals surface area contributed by atoms with Crippen LogP contribution in [0.4, 0.5) is 17.6 Å². The van der Waals surface area contributed by atoms with Gasteiger partial charge in [-0.2, -0.15) is 13.2 Å². The molecule has 0 bridgehead atoms. The number of nitrogens with zero attached hydrogens (tertiary/aromatic N) is 1. The van der Waals surface area contributed by atoms with E-state index in [1.165, 1.54) is 25.7 Å². The third kappa shape index (κ3) is 6.50. The maximum absolute atomic E-state index is 13.8. The first-order valence-corrected chi connectivity index (χ1v) is 10.4. The quantitative estimate of drug-likeness (QED) is 0.183. The molecule has 4 nitrogen and oxygen atoms in total. The van der Waals surface area contributed by atoms with Crippen molar-refractivity contribution in [2.45, 2.75) is 77.6 Å². The van der Waals surface area contributed by atoms with E-state index in [1.54, 1.807) is 0 Å². The number of rotatable bonds is 12. The summed E-state index contributed by atoms with van der Waals surface area (Å²) in [4.78, 5) is 0. The van der Waals surface area contributed by atoms with E-state index in [1.807, 2.05) is 0 Å². The van der Waals surface area contributed by atoms with Crippen molar-refractivity contribution in [2.75, 3.05) is 0 Å². The zero-order valence-electron chi connectivity index (χ0n) is 14.9. The van der Waals surface area contributed by atoms with Crippen LogP contribution in [-0.2, 0) is 16.7 Å². The summed E-state index contributed by atoms with van der Waals surface area (Å²) >= 11 is 0. The Labute approximate surface area is 152 Å². The number of unbranched alkanes of at least 4 members (excludes halogenated alkanes) is 9. The maximum atomic E-state index is 13.8. The minimum atomic E-state index is -5.29. The minimum absolute atomic E-state index is 0.257. The molecule has 1 aromatic heterocycles. The Hall–Kier alpha value is -1.22. The smallest absolute Gasteiger partial charge is 0.233 e. The van der Waals surface area contributed by atoms with Crippen molar-refractivity contribution in [3.63, 3.8) is 0 Å². The van der Waals surface area contributed by atoms with Crippen LogP contribution in [0.5, 0.6) is 0 Å². The monoisotopic (exact) mass is 400 g/mol. The van der Waals surface area contributed by atoms with Crippen LogP contribution < -0.4 is 3.97 Å². The SMILES string of the molecule is CCCCCCCCCCCCc1c(F)c(F)c(F)c(F)[n+]1S(=O)(=O)O. The van der Waals surface area contributed by atoms with Gasteiger partial charge in [-0.25, -0.2) is 4.55 Å². The van der Waals surface area contributed by atoms with Crippen molar-refractivity contribution in [1.82, 2.24) is 0 Å². The summed E-state index contributed by atoms with van der Waals surface area (Å²) in [6, 6.07) is 0. The third-order valence-corrected chi connectivity index (χ3v) is 5.08. The lowest BCUT2D eigenvalue weighted by atomic mass is 10.0. The van der Waals surface area contributed by atoms with E-state index >= 15 is 0 Å². The Bertz CT molecular complexity index is 696. The van der Waals surface area contributed by atoms with Crippen LogP contribution in [0.2, 0.25) is 0 Å². The van der Waals surface area contributed by atoms with Gasteiger partial charge in [0.1, 0.15) is 0 Å². The number of hydrogen-bond donors (Lipinski definition) is 1. The summed E-state index contributed by atoms with van der Waals surface area (Å²) in [5.74, 6) is -8.36. The third-order valence-electron chi connectivity index (χ3n) is 4.24. The van der Waals surface area contributed by atoms with Crippen molar-refractivity contribution >= 4 is 10.3 Å². The fraction of sp³-hybridized carbons (Fsp3) is 0.706. The van der Waals surface area contributed by atoms with Gasteiger partial charge >= 0.3 is 16.3 Å². The Morgan fingerprint density at radius 1 is 0.769 bits per heavy atom. The molecule has 0 radical (unpaired) electrons. The zero-order valence-corrected chi connectivity index (χ0v) is 15.7. The minimum Gasteiger partial charge on any atom is -0.233 e. The molecule has 0 aliphatic carbocycles. The molecule has 9 heteroatoms. The second kappa shape index (κ2) is 10.8. The highest BCUT2D eigenvalue weighted by Crippen LogP contribution is 2.18. The second-order valence-corrected chi connectivity index (χ2v) is 7.61. The van der Waals surface area contributed by atoms with E-state index in [9.17, 15) is 26.0 Å². The first kappa shape index (κ1) is 22.8. The Morgan fingerprint density at radius 3 is 1.69 bits per heavy atom. The highest BCUT2D eigenvalue weighted by atomic mass is 32.2. The standard InChI is InChI=1S/C17H25F4NO3S/c1-2-3-4-5-6-7-8-9-10-11-12-13-14(18)15(19)16(20)17(21)22(13)26(23,24)25/h2-12H2,1H3/p+1. The summed E-state index contributed by atoms with van der Waals surface area (Å²) in [7, 11) is -5.29. The molecule has 0 saturated carbocycles. The van der Waals surface area contributed by atoms with Crippen LogP contribution in [0.25, 0.3) is 0 Å². The maximum Gasteiger partial charge on any atom is 0.514 e. The van der Waals surface area contributed by atoms with E-state index < -0.39 is 43.4 Å². The molecule has 0 aliphatic rings. The number of pyridine rings is 1. The van der Waals surface area contributed by atoms with Crippen molar-refractivity contribution in [2.24, 2.45) is 0 Å². The molecule has 0 spiro atoms. The molecule has 1 aromatic rings. The van der Waals surface area contributed by atoms with Gasteiger partial charge in [-0.15, -0.1) is 12.8 Å². The molecule has 1 N–H and O–H groups in total. The summed E-state index contributed by atoms with van der Waals surface area (Å²) in [6.45, 7) is 2.15. The summed E-state index contributed by atoms with van der Waals surface area (Å²) < 4.78 is 84.9.